The number of carbonyl (C=O) groups excluding carboxylic acids is 1. The number of hydrogen-bond donors (Lipinski definition) is 1. The molecule has 0 aliphatic rings. The summed E-state index contributed by atoms with van der Waals surface area (Å²) in [5, 5.41) is 2.04. The zero-order valence-electron chi connectivity index (χ0n) is 6.09. The first-order valence-electron chi connectivity index (χ1n) is 3.28. The van der Waals surface area contributed by atoms with E-state index in [-0.39, 0.29) is 5.56 Å². The number of rotatable bonds is 3. The molecule has 0 saturated carbocycles. The number of nitrogens with one attached hydrogen (secondary N) is 1. The average molecular weight is 175 g/mol. The lowest BCUT2D eigenvalue weighted by molar-refractivity contribution is 0.0891. The number of carbonyl (C=O) groups is 1. The predicted molar refractivity (Wildman–Crippen MR) is 37.0 cm³/mol. The van der Waals surface area contributed by atoms with Crippen molar-refractivity contribution in [3.63, 3.8) is 0 Å². The highest BCUT2D eigenvalue weighted by Gasteiger charge is 2.08. The Hall–Kier alpha value is -1.39. The molecule has 0 aromatic carbocycles. The summed E-state index contributed by atoms with van der Waals surface area (Å²) in [4.78, 5) is 10.9. The molecular formula is C7H7F2NO2. The first kappa shape index (κ1) is 8.70. The Kier molecular flexibility index (Phi) is 2.79. The molecule has 0 unspecified atom stereocenters. The van der Waals surface area contributed by atoms with Gasteiger partial charge in [0.1, 0.15) is 6.26 Å². The van der Waals surface area contributed by atoms with Crippen molar-refractivity contribution in [1.82, 2.24) is 5.32 Å². The number of amides is 1. The van der Waals surface area contributed by atoms with Crippen molar-refractivity contribution >= 4 is 5.91 Å². The summed E-state index contributed by atoms with van der Waals surface area (Å²) < 4.78 is 27.8. The van der Waals surface area contributed by atoms with Gasteiger partial charge in [-0.15, -0.1) is 0 Å². The maximum absolute atomic E-state index is 11.6. The van der Waals surface area contributed by atoms with Crippen LogP contribution in [0.5, 0.6) is 0 Å². The van der Waals surface area contributed by atoms with E-state index in [1.54, 1.807) is 0 Å². The lowest BCUT2D eigenvalue weighted by atomic mass is 10.3. The molecule has 0 aliphatic heterocycles. The van der Waals surface area contributed by atoms with Gasteiger partial charge < -0.3 is 9.73 Å². The summed E-state index contributed by atoms with van der Waals surface area (Å²) in [7, 11) is 0. The van der Waals surface area contributed by atoms with Crippen LogP contribution < -0.4 is 5.32 Å². The van der Waals surface area contributed by atoms with Gasteiger partial charge in [-0.3, -0.25) is 4.79 Å². The zero-order chi connectivity index (χ0) is 8.97. The highest BCUT2D eigenvalue weighted by molar-refractivity contribution is 5.93. The molecule has 5 heteroatoms. The summed E-state index contributed by atoms with van der Waals surface area (Å²) in [6, 6.07) is 1.40. The van der Waals surface area contributed by atoms with E-state index < -0.39 is 18.9 Å². The third-order valence-corrected chi connectivity index (χ3v) is 1.20. The SMILES string of the molecule is O=C(NCC(F)F)c1ccoc1. The maximum Gasteiger partial charge on any atom is 0.255 e. The molecule has 1 aromatic heterocycles. The van der Waals surface area contributed by atoms with Crippen molar-refractivity contribution in [2.45, 2.75) is 6.43 Å². The molecule has 0 aliphatic carbocycles. The third kappa shape index (κ3) is 2.34. The van der Waals surface area contributed by atoms with Crippen LogP contribution in [-0.2, 0) is 0 Å². The minimum absolute atomic E-state index is 0.246. The maximum atomic E-state index is 11.6. The van der Waals surface area contributed by atoms with Crippen LogP contribution in [0.25, 0.3) is 0 Å². The van der Waals surface area contributed by atoms with Crippen molar-refractivity contribution in [3.8, 4) is 0 Å². The molecule has 0 radical (unpaired) electrons. The van der Waals surface area contributed by atoms with E-state index >= 15 is 0 Å². The van der Waals surface area contributed by atoms with Gasteiger partial charge in [0.2, 0.25) is 0 Å². The van der Waals surface area contributed by atoms with Gasteiger partial charge in [-0.1, -0.05) is 0 Å². The van der Waals surface area contributed by atoms with Gasteiger partial charge in [-0.05, 0) is 6.07 Å². The number of alkyl halides is 2. The molecule has 1 heterocycles. The minimum atomic E-state index is -2.53. The Balaban J connectivity index is 2.40. The Morgan fingerprint density at radius 3 is 2.92 bits per heavy atom. The van der Waals surface area contributed by atoms with E-state index in [1.165, 1.54) is 18.6 Å². The molecular weight excluding hydrogens is 168 g/mol. The molecule has 1 aromatic rings. The monoisotopic (exact) mass is 175 g/mol. The van der Waals surface area contributed by atoms with Crippen LogP contribution >= 0.6 is 0 Å². The summed E-state index contributed by atoms with van der Waals surface area (Å²) in [5.41, 5.74) is 0.246. The van der Waals surface area contributed by atoms with Crippen molar-refractivity contribution in [2.75, 3.05) is 6.54 Å². The van der Waals surface area contributed by atoms with Crippen LogP contribution in [0.2, 0.25) is 0 Å². The average Bonchev–Trinajstić information content (AvgIpc) is 2.51. The fraction of sp³-hybridized carbons (Fsp3) is 0.286. The quantitative estimate of drug-likeness (QED) is 0.751. The molecule has 12 heavy (non-hydrogen) atoms. The summed E-state index contributed by atoms with van der Waals surface area (Å²) in [5.74, 6) is -0.552. The van der Waals surface area contributed by atoms with E-state index in [0.29, 0.717) is 0 Å². The van der Waals surface area contributed by atoms with Crippen molar-refractivity contribution in [3.05, 3.63) is 24.2 Å². The Bertz CT molecular complexity index is 246. The van der Waals surface area contributed by atoms with Gasteiger partial charge in [0.05, 0.1) is 18.4 Å². The summed E-state index contributed by atoms with van der Waals surface area (Å²) in [6.45, 7) is -0.635. The Morgan fingerprint density at radius 1 is 1.67 bits per heavy atom. The van der Waals surface area contributed by atoms with Gasteiger partial charge in [0.25, 0.3) is 12.3 Å². The Morgan fingerprint density at radius 2 is 2.42 bits per heavy atom. The highest BCUT2D eigenvalue weighted by atomic mass is 19.3. The molecule has 1 rings (SSSR count). The predicted octanol–water partition coefficient (Wildman–Crippen LogP) is 1.27. The van der Waals surface area contributed by atoms with Crippen LogP contribution in [0.15, 0.2) is 23.0 Å². The second-order valence-corrected chi connectivity index (χ2v) is 2.11. The minimum Gasteiger partial charge on any atom is -0.472 e. The van der Waals surface area contributed by atoms with Crippen molar-refractivity contribution in [1.29, 1.82) is 0 Å². The van der Waals surface area contributed by atoms with Crippen molar-refractivity contribution < 1.29 is 18.0 Å². The molecule has 0 saturated heterocycles. The Labute approximate surface area is 67.4 Å². The topological polar surface area (TPSA) is 42.2 Å². The second-order valence-electron chi connectivity index (χ2n) is 2.11. The molecule has 66 valence electrons. The molecule has 0 fully saturated rings. The number of halogens is 2. The van der Waals surface area contributed by atoms with Crippen molar-refractivity contribution in [2.24, 2.45) is 0 Å². The lowest BCUT2D eigenvalue weighted by Crippen LogP contribution is -2.27. The smallest absolute Gasteiger partial charge is 0.255 e. The van der Waals surface area contributed by atoms with Crippen LogP contribution in [0.3, 0.4) is 0 Å². The second kappa shape index (κ2) is 3.85. The zero-order valence-corrected chi connectivity index (χ0v) is 6.09. The largest absolute Gasteiger partial charge is 0.472 e. The fourth-order valence-corrected chi connectivity index (χ4v) is 0.666. The van der Waals surface area contributed by atoms with E-state index in [0.717, 1.165) is 0 Å². The van der Waals surface area contributed by atoms with E-state index in [2.05, 4.69) is 4.42 Å². The molecule has 0 atom stereocenters. The number of hydrogen-bond acceptors (Lipinski definition) is 2. The molecule has 0 bridgehead atoms. The fourth-order valence-electron chi connectivity index (χ4n) is 0.666. The number of furan rings is 1. The van der Waals surface area contributed by atoms with Crippen LogP contribution in [0.1, 0.15) is 10.4 Å². The standard InChI is InChI=1S/C7H7F2NO2/c8-6(9)3-10-7(11)5-1-2-12-4-5/h1-2,4,6H,3H2,(H,10,11). The van der Waals surface area contributed by atoms with E-state index in [1.807, 2.05) is 5.32 Å². The third-order valence-electron chi connectivity index (χ3n) is 1.20. The van der Waals surface area contributed by atoms with Gasteiger partial charge in [-0.25, -0.2) is 8.78 Å². The van der Waals surface area contributed by atoms with Crippen LogP contribution in [0.4, 0.5) is 8.78 Å². The molecule has 0 spiro atoms. The summed E-state index contributed by atoms with van der Waals surface area (Å²) >= 11 is 0. The summed E-state index contributed by atoms with van der Waals surface area (Å²) in [6.07, 6.45) is -0.0289. The first-order valence-corrected chi connectivity index (χ1v) is 3.28. The van der Waals surface area contributed by atoms with Gasteiger partial charge in [-0.2, -0.15) is 0 Å². The lowest BCUT2D eigenvalue weighted by Gasteiger charge is -2.00. The van der Waals surface area contributed by atoms with Gasteiger partial charge in [0, 0.05) is 0 Å². The van der Waals surface area contributed by atoms with Gasteiger partial charge >= 0.3 is 0 Å². The normalized spacial score (nSPS) is 10.2. The molecule has 1 amide bonds. The van der Waals surface area contributed by atoms with E-state index in [9.17, 15) is 13.6 Å². The van der Waals surface area contributed by atoms with E-state index in [4.69, 9.17) is 0 Å². The molecule has 3 nitrogen and oxygen atoms in total. The van der Waals surface area contributed by atoms with Crippen LogP contribution in [0, 0.1) is 0 Å². The first-order chi connectivity index (χ1) is 5.70. The molecule has 1 N–H and O–H groups in total. The highest BCUT2D eigenvalue weighted by Crippen LogP contribution is 1.99. The van der Waals surface area contributed by atoms with Crippen LogP contribution in [-0.4, -0.2) is 18.9 Å². The van der Waals surface area contributed by atoms with Gasteiger partial charge in [0.15, 0.2) is 0 Å².